The summed E-state index contributed by atoms with van der Waals surface area (Å²) in [5.41, 5.74) is 0. The van der Waals surface area contributed by atoms with Crippen LogP contribution in [0.1, 0.15) is 42.3 Å². The highest BCUT2D eigenvalue weighted by molar-refractivity contribution is 7.20. The van der Waals surface area contributed by atoms with E-state index in [4.69, 9.17) is 0 Å². The van der Waals surface area contributed by atoms with E-state index in [9.17, 15) is 9.59 Å². The molecule has 1 aliphatic rings. The SMILES string of the molecule is CCCC(=O)NCC1CCCN(C(=O)c2cc3ccccc3s2)C1. The summed E-state index contributed by atoms with van der Waals surface area (Å²) in [6.07, 6.45) is 3.53. The van der Waals surface area contributed by atoms with Gasteiger partial charge in [0.25, 0.3) is 5.91 Å². The van der Waals surface area contributed by atoms with Gasteiger partial charge in [-0.25, -0.2) is 0 Å². The predicted octanol–water partition coefficient (Wildman–Crippen LogP) is 3.67. The van der Waals surface area contributed by atoms with Crippen molar-refractivity contribution in [3.8, 4) is 0 Å². The van der Waals surface area contributed by atoms with Crippen molar-refractivity contribution >= 4 is 33.2 Å². The van der Waals surface area contributed by atoms with Gasteiger partial charge in [0.2, 0.25) is 5.91 Å². The van der Waals surface area contributed by atoms with Crippen molar-refractivity contribution in [1.82, 2.24) is 10.2 Å². The fraction of sp³-hybridized carbons (Fsp3) is 0.474. The van der Waals surface area contributed by atoms with Crippen LogP contribution in [-0.4, -0.2) is 36.3 Å². The molecule has 1 atom stereocenters. The zero-order valence-corrected chi connectivity index (χ0v) is 14.9. The van der Waals surface area contributed by atoms with Gasteiger partial charge in [0, 0.05) is 30.8 Å². The molecule has 0 bridgehead atoms. The molecule has 1 unspecified atom stereocenters. The lowest BCUT2D eigenvalue weighted by molar-refractivity contribution is -0.121. The number of nitrogens with zero attached hydrogens (tertiary/aromatic N) is 1. The number of amides is 2. The van der Waals surface area contributed by atoms with E-state index < -0.39 is 0 Å². The van der Waals surface area contributed by atoms with Gasteiger partial charge in [0.15, 0.2) is 0 Å². The van der Waals surface area contributed by atoms with Crippen LogP contribution in [0.5, 0.6) is 0 Å². The van der Waals surface area contributed by atoms with Crippen molar-refractivity contribution in [3.05, 3.63) is 35.2 Å². The van der Waals surface area contributed by atoms with E-state index in [-0.39, 0.29) is 11.8 Å². The molecule has 1 fully saturated rings. The zero-order chi connectivity index (χ0) is 16.9. The molecule has 2 amide bonds. The summed E-state index contributed by atoms with van der Waals surface area (Å²) in [5, 5.41) is 4.13. The maximum absolute atomic E-state index is 12.8. The summed E-state index contributed by atoms with van der Waals surface area (Å²) in [5.74, 6) is 0.601. The first-order valence-electron chi connectivity index (χ1n) is 8.72. The zero-order valence-electron chi connectivity index (χ0n) is 14.1. The molecule has 1 saturated heterocycles. The Bertz CT molecular complexity index is 692. The summed E-state index contributed by atoms with van der Waals surface area (Å²) in [6, 6.07) is 10.1. The standard InChI is InChI=1S/C19H24N2O2S/c1-2-6-18(22)20-12-14-7-5-10-21(13-14)19(23)17-11-15-8-3-4-9-16(15)24-17/h3-4,8-9,11,14H,2,5-7,10,12-13H2,1H3,(H,20,22). The molecule has 1 N–H and O–H groups in total. The number of piperidine rings is 1. The molecule has 4 nitrogen and oxygen atoms in total. The highest BCUT2D eigenvalue weighted by atomic mass is 32.1. The van der Waals surface area contributed by atoms with Crippen LogP contribution in [0.3, 0.4) is 0 Å². The minimum atomic E-state index is 0.116. The molecule has 3 rings (SSSR count). The number of carbonyl (C=O) groups is 2. The van der Waals surface area contributed by atoms with Crippen molar-refractivity contribution in [1.29, 1.82) is 0 Å². The van der Waals surface area contributed by atoms with Gasteiger partial charge in [-0.1, -0.05) is 25.1 Å². The third kappa shape index (κ3) is 3.96. The number of likely N-dealkylation sites (tertiary alicyclic amines) is 1. The van der Waals surface area contributed by atoms with Crippen LogP contribution in [-0.2, 0) is 4.79 Å². The second-order valence-electron chi connectivity index (χ2n) is 6.46. The van der Waals surface area contributed by atoms with Crippen molar-refractivity contribution in [2.24, 2.45) is 5.92 Å². The first-order chi connectivity index (χ1) is 11.7. The van der Waals surface area contributed by atoms with E-state index >= 15 is 0 Å². The smallest absolute Gasteiger partial charge is 0.263 e. The molecular formula is C19H24N2O2S. The van der Waals surface area contributed by atoms with Crippen LogP contribution < -0.4 is 5.32 Å². The van der Waals surface area contributed by atoms with E-state index in [0.717, 1.165) is 47.3 Å². The van der Waals surface area contributed by atoms with Crippen molar-refractivity contribution in [2.75, 3.05) is 19.6 Å². The van der Waals surface area contributed by atoms with Crippen LogP contribution >= 0.6 is 11.3 Å². The maximum atomic E-state index is 12.8. The predicted molar refractivity (Wildman–Crippen MR) is 98.4 cm³/mol. The number of hydrogen-bond acceptors (Lipinski definition) is 3. The summed E-state index contributed by atoms with van der Waals surface area (Å²) in [4.78, 5) is 27.2. The average Bonchev–Trinajstić information content (AvgIpc) is 3.04. The third-order valence-electron chi connectivity index (χ3n) is 4.51. The fourth-order valence-electron chi connectivity index (χ4n) is 3.23. The lowest BCUT2D eigenvalue weighted by Gasteiger charge is -2.32. The van der Waals surface area contributed by atoms with Gasteiger partial charge < -0.3 is 10.2 Å². The minimum Gasteiger partial charge on any atom is -0.356 e. The van der Waals surface area contributed by atoms with E-state index in [2.05, 4.69) is 11.4 Å². The average molecular weight is 344 g/mol. The Morgan fingerprint density at radius 3 is 2.96 bits per heavy atom. The lowest BCUT2D eigenvalue weighted by atomic mass is 9.97. The third-order valence-corrected chi connectivity index (χ3v) is 5.61. The monoisotopic (exact) mass is 344 g/mol. The minimum absolute atomic E-state index is 0.116. The number of nitrogens with one attached hydrogen (secondary N) is 1. The Kier molecular flexibility index (Phi) is 5.51. The molecule has 0 aliphatic carbocycles. The van der Waals surface area contributed by atoms with Crippen molar-refractivity contribution in [3.63, 3.8) is 0 Å². The summed E-state index contributed by atoms with van der Waals surface area (Å²) >= 11 is 1.56. The van der Waals surface area contributed by atoms with E-state index in [1.165, 1.54) is 0 Å². The molecule has 1 aliphatic heterocycles. The molecule has 2 heterocycles. The molecule has 1 aromatic heterocycles. The second-order valence-corrected chi connectivity index (χ2v) is 7.55. The highest BCUT2D eigenvalue weighted by Crippen LogP contribution is 2.27. The Labute approximate surface area is 146 Å². The number of hydrogen-bond donors (Lipinski definition) is 1. The molecule has 5 heteroatoms. The molecule has 1 aromatic carbocycles. The largest absolute Gasteiger partial charge is 0.356 e. The molecule has 0 saturated carbocycles. The van der Waals surface area contributed by atoms with Gasteiger partial charge in [-0.3, -0.25) is 9.59 Å². The van der Waals surface area contributed by atoms with E-state index in [1.54, 1.807) is 11.3 Å². The van der Waals surface area contributed by atoms with Gasteiger partial charge in [-0.05, 0) is 42.7 Å². The summed E-state index contributed by atoms with van der Waals surface area (Å²) in [7, 11) is 0. The Morgan fingerprint density at radius 2 is 2.17 bits per heavy atom. The maximum Gasteiger partial charge on any atom is 0.263 e. The van der Waals surface area contributed by atoms with Gasteiger partial charge >= 0.3 is 0 Å². The van der Waals surface area contributed by atoms with Gasteiger partial charge in [0.05, 0.1) is 4.88 Å². The Balaban J connectivity index is 1.61. The number of fused-ring (bicyclic) bond motifs is 1. The first-order valence-corrected chi connectivity index (χ1v) is 9.53. The van der Waals surface area contributed by atoms with E-state index in [1.807, 2.05) is 36.1 Å². The normalized spacial score (nSPS) is 17.9. The second kappa shape index (κ2) is 7.79. The first kappa shape index (κ1) is 17.0. The van der Waals surface area contributed by atoms with Crippen molar-refractivity contribution in [2.45, 2.75) is 32.6 Å². The van der Waals surface area contributed by atoms with Crippen molar-refractivity contribution < 1.29 is 9.59 Å². The van der Waals surface area contributed by atoms with E-state index in [0.29, 0.717) is 18.9 Å². The fourth-order valence-corrected chi connectivity index (χ4v) is 4.26. The molecule has 128 valence electrons. The number of carbonyl (C=O) groups excluding carboxylic acids is 2. The molecule has 0 radical (unpaired) electrons. The number of thiophene rings is 1. The van der Waals surface area contributed by atoms with Gasteiger partial charge in [0.1, 0.15) is 0 Å². The van der Waals surface area contributed by atoms with Crippen LogP contribution in [0.4, 0.5) is 0 Å². The Morgan fingerprint density at radius 1 is 1.33 bits per heavy atom. The summed E-state index contributed by atoms with van der Waals surface area (Å²) < 4.78 is 1.15. The number of benzene rings is 1. The number of rotatable bonds is 5. The lowest BCUT2D eigenvalue weighted by Crippen LogP contribution is -2.43. The van der Waals surface area contributed by atoms with Crippen LogP contribution in [0.2, 0.25) is 0 Å². The molecule has 2 aromatic rings. The molecular weight excluding hydrogens is 320 g/mol. The topological polar surface area (TPSA) is 49.4 Å². The molecule has 24 heavy (non-hydrogen) atoms. The van der Waals surface area contributed by atoms with Gasteiger partial charge in [-0.15, -0.1) is 11.3 Å². The van der Waals surface area contributed by atoms with Crippen LogP contribution in [0, 0.1) is 5.92 Å². The van der Waals surface area contributed by atoms with Crippen LogP contribution in [0.25, 0.3) is 10.1 Å². The van der Waals surface area contributed by atoms with Gasteiger partial charge in [-0.2, -0.15) is 0 Å². The summed E-state index contributed by atoms with van der Waals surface area (Å²) in [6.45, 7) is 4.23. The molecule has 0 spiro atoms. The quantitative estimate of drug-likeness (QED) is 0.900. The highest BCUT2D eigenvalue weighted by Gasteiger charge is 2.25. The van der Waals surface area contributed by atoms with Crippen LogP contribution in [0.15, 0.2) is 30.3 Å². The Hall–Kier alpha value is -1.88.